The van der Waals surface area contributed by atoms with Crippen LogP contribution in [0, 0.1) is 0 Å². The van der Waals surface area contributed by atoms with Gasteiger partial charge in [0.15, 0.2) is 0 Å². The third-order valence-electron chi connectivity index (χ3n) is 2.21. The lowest BCUT2D eigenvalue weighted by molar-refractivity contribution is 0.650. The van der Waals surface area contributed by atoms with Gasteiger partial charge in [0.25, 0.3) is 0 Å². The van der Waals surface area contributed by atoms with E-state index in [0.717, 1.165) is 28.9 Å². The van der Waals surface area contributed by atoms with Crippen LogP contribution in [-0.2, 0) is 11.0 Å². The Morgan fingerprint density at radius 3 is 2.61 bits per heavy atom. The highest BCUT2D eigenvalue weighted by atomic mass is 79.9. The van der Waals surface area contributed by atoms with Gasteiger partial charge in [0.2, 0.25) is 0 Å². The highest BCUT2D eigenvalue weighted by Gasteiger charge is 2.20. The van der Waals surface area contributed by atoms with Crippen LogP contribution in [0.1, 0.15) is 46.2 Å². The minimum Gasteiger partial charge on any atom is -0.240 e. The first-order chi connectivity index (χ1) is 8.34. The summed E-state index contributed by atoms with van der Waals surface area (Å²) < 4.78 is 16.9. The van der Waals surface area contributed by atoms with Crippen molar-refractivity contribution >= 4 is 32.6 Å². The maximum atomic E-state index is 12.1. The third kappa shape index (κ3) is 4.61. The van der Waals surface area contributed by atoms with Gasteiger partial charge in [-0.2, -0.15) is 4.40 Å². The van der Waals surface area contributed by atoms with Crippen LogP contribution in [0.25, 0.3) is 0 Å². The molecule has 5 heteroatoms. The smallest absolute Gasteiger partial charge is 0.145 e. The maximum Gasteiger partial charge on any atom is 0.145 e. The second-order valence-electron chi connectivity index (χ2n) is 5.00. The van der Waals surface area contributed by atoms with Crippen LogP contribution in [-0.4, -0.2) is 19.7 Å². The zero-order chi connectivity index (χ0) is 13.8. The highest BCUT2D eigenvalue weighted by Crippen LogP contribution is 2.16. The van der Waals surface area contributed by atoms with Crippen molar-refractivity contribution in [1.82, 2.24) is 4.98 Å². The van der Waals surface area contributed by atoms with Crippen molar-refractivity contribution < 1.29 is 4.21 Å². The van der Waals surface area contributed by atoms with E-state index in [2.05, 4.69) is 32.2 Å². The Hall–Kier alpha value is -0.550. The maximum absolute atomic E-state index is 12.1. The minimum atomic E-state index is -1.24. The minimum absolute atomic E-state index is 0.342. The van der Waals surface area contributed by atoms with Crippen molar-refractivity contribution in [3.63, 3.8) is 0 Å². The predicted octanol–water partition coefficient (Wildman–Crippen LogP) is 3.90. The average molecular weight is 331 g/mol. The van der Waals surface area contributed by atoms with Crippen LogP contribution in [0.3, 0.4) is 0 Å². The van der Waals surface area contributed by atoms with Gasteiger partial charge in [0, 0.05) is 0 Å². The summed E-state index contributed by atoms with van der Waals surface area (Å²) in [6.45, 7) is 7.84. The zero-order valence-electron chi connectivity index (χ0n) is 11.2. The summed E-state index contributed by atoms with van der Waals surface area (Å²) in [6, 6.07) is 5.69. The molecular formula is C13H19BrN2OS. The molecule has 3 nitrogen and oxygen atoms in total. The largest absolute Gasteiger partial charge is 0.240 e. The molecule has 1 unspecified atom stereocenters. The number of nitrogens with zero attached hydrogens (tertiary/aromatic N) is 2. The van der Waals surface area contributed by atoms with Crippen molar-refractivity contribution in [3.05, 3.63) is 28.5 Å². The Balaban J connectivity index is 3.10. The summed E-state index contributed by atoms with van der Waals surface area (Å²) in [6.07, 6.45) is 1.74. The van der Waals surface area contributed by atoms with Gasteiger partial charge in [0.1, 0.15) is 15.6 Å². The Morgan fingerprint density at radius 2 is 2.11 bits per heavy atom. The SMILES string of the molecule is CCCC(=NS(=O)C(C)(C)C)c1cccc(Br)n1. The molecule has 100 valence electrons. The van der Waals surface area contributed by atoms with Crippen molar-refractivity contribution in [2.75, 3.05) is 0 Å². The molecular weight excluding hydrogens is 312 g/mol. The lowest BCUT2D eigenvalue weighted by Gasteiger charge is -2.15. The lowest BCUT2D eigenvalue weighted by Crippen LogP contribution is -2.21. The summed E-state index contributed by atoms with van der Waals surface area (Å²) in [5.74, 6) is 0. The van der Waals surface area contributed by atoms with E-state index in [0.29, 0.717) is 0 Å². The molecule has 0 bridgehead atoms. The van der Waals surface area contributed by atoms with E-state index >= 15 is 0 Å². The summed E-state index contributed by atoms with van der Waals surface area (Å²) in [7, 11) is -1.24. The molecule has 1 atom stereocenters. The molecule has 1 aromatic heterocycles. The summed E-state index contributed by atoms with van der Waals surface area (Å²) in [5.41, 5.74) is 1.61. The number of halogens is 1. The van der Waals surface area contributed by atoms with E-state index in [-0.39, 0.29) is 4.75 Å². The fourth-order valence-corrected chi connectivity index (χ4v) is 2.27. The second-order valence-corrected chi connectivity index (χ2v) is 7.71. The van der Waals surface area contributed by atoms with E-state index in [4.69, 9.17) is 0 Å². The Kier molecular flexibility index (Phi) is 5.66. The summed E-state index contributed by atoms with van der Waals surface area (Å²) >= 11 is 3.35. The first kappa shape index (κ1) is 15.5. The third-order valence-corrected chi connectivity index (χ3v) is 4.09. The van der Waals surface area contributed by atoms with Crippen molar-refractivity contribution in [1.29, 1.82) is 0 Å². The van der Waals surface area contributed by atoms with Crippen LogP contribution in [0.15, 0.2) is 27.2 Å². The second kappa shape index (κ2) is 6.57. The van der Waals surface area contributed by atoms with Gasteiger partial charge >= 0.3 is 0 Å². The number of hydrogen-bond donors (Lipinski definition) is 0. The lowest BCUT2D eigenvalue weighted by atomic mass is 10.1. The van der Waals surface area contributed by atoms with Crippen LogP contribution < -0.4 is 0 Å². The average Bonchev–Trinajstić information content (AvgIpc) is 2.27. The zero-order valence-corrected chi connectivity index (χ0v) is 13.6. The molecule has 0 aliphatic heterocycles. The van der Waals surface area contributed by atoms with Gasteiger partial charge < -0.3 is 0 Å². The molecule has 0 saturated carbocycles. The first-order valence-electron chi connectivity index (χ1n) is 5.97. The normalized spacial score (nSPS) is 14.6. The molecule has 0 aliphatic rings. The van der Waals surface area contributed by atoms with E-state index in [1.807, 2.05) is 39.0 Å². The summed E-state index contributed by atoms with van der Waals surface area (Å²) in [4.78, 5) is 4.38. The van der Waals surface area contributed by atoms with Crippen molar-refractivity contribution in [2.24, 2.45) is 4.40 Å². The highest BCUT2D eigenvalue weighted by molar-refractivity contribution is 9.10. The monoisotopic (exact) mass is 330 g/mol. The first-order valence-corrected chi connectivity index (χ1v) is 7.87. The number of hydrogen-bond acceptors (Lipinski definition) is 2. The van der Waals surface area contributed by atoms with Crippen molar-refractivity contribution in [2.45, 2.75) is 45.3 Å². The number of aromatic nitrogens is 1. The molecule has 0 aliphatic carbocycles. The topological polar surface area (TPSA) is 42.3 Å². The van der Waals surface area contributed by atoms with Gasteiger partial charge in [-0.25, -0.2) is 9.19 Å². The molecule has 0 saturated heterocycles. The van der Waals surface area contributed by atoms with E-state index in [1.165, 1.54) is 0 Å². The van der Waals surface area contributed by atoms with Crippen LogP contribution in [0.5, 0.6) is 0 Å². The van der Waals surface area contributed by atoms with Crippen LogP contribution in [0.4, 0.5) is 0 Å². The van der Waals surface area contributed by atoms with Crippen molar-refractivity contribution in [3.8, 4) is 0 Å². The van der Waals surface area contributed by atoms with E-state index in [9.17, 15) is 4.21 Å². The van der Waals surface area contributed by atoms with Gasteiger partial charge in [0.05, 0.1) is 16.2 Å². The van der Waals surface area contributed by atoms with Gasteiger partial charge in [-0.1, -0.05) is 19.4 Å². The van der Waals surface area contributed by atoms with E-state index < -0.39 is 11.0 Å². The molecule has 0 spiro atoms. The molecule has 0 N–H and O–H groups in total. The summed E-state index contributed by atoms with van der Waals surface area (Å²) in [5, 5.41) is 0. The van der Waals surface area contributed by atoms with Gasteiger partial charge in [-0.3, -0.25) is 0 Å². The molecule has 18 heavy (non-hydrogen) atoms. The molecule has 0 amide bonds. The predicted molar refractivity (Wildman–Crippen MR) is 81.3 cm³/mol. The van der Waals surface area contributed by atoms with Crippen LogP contribution >= 0.6 is 15.9 Å². The fourth-order valence-electron chi connectivity index (χ4n) is 1.26. The molecule has 0 aromatic carbocycles. The van der Waals surface area contributed by atoms with E-state index in [1.54, 1.807) is 0 Å². The Bertz CT molecular complexity index is 466. The number of rotatable bonds is 4. The molecule has 0 fully saturated rings. The molecule has 1 heterocycles. The number of pyridine rings is 1. The van der Waals surface area contributed by atoms with Gasteiger partial charge in [-0.05, 0) is 55.3 Å². The van der Waals surface area contributed by atoms with Crippen LogP contribution in [0.2, 0.25) is 0 Å². The Labute approximate surface area is 120 Å². The Morgan fingerprint density at radius 1 is 1.44 bits per heavy atom. The standard InChI is InChI=1S/C13H19BrN2OS/c1-5-7-11(16-18(17)13(2,3)4)10-8-6-9-12(14)15-10/h6,8-9H,5,7H2,1-4H3. The molecule has 1 aromatic rings. The molecule has 0 radical (unpaired) electrons. The molecule has 1 rings (SSSR count). The fraction of sp³-hybridized carbons (Fsp3) is 0.538. The quantitative estimate of drug-likeness (QED) is 0.620. The van der Waals surface area contributed by atoms with Gasteiger partial charge in [-0.15, -0.1) is 0 Å².